The van der Waals surface area contributed by atoms with Crippen molar-refractivity contribution in [3.05, 3.63) is 23.0 Å². The summed E-state index contributed by atoms with van der Waals surface area (Å²) in [6.45, 7) is 8.89. The van der Waals surface area contributed by atoms with Gasteiger partial charge < -0.3 is 4.74 Å². The maximum absolute atomic E-state index is 5.47. The number of rotatable bonds is 0. The Labute approximate surface area is 80.0 Å². The van der Waals surface area contributed by atoms with Crippen LogP contribution in [0.5, 0.6) is 5.75 Å². The van der Waals surface area contributed by atoms with Gasteiger partial charge in [-0.25, -0.2) is 0 Å². The number of hydrogen-bond donors (Lipinski definition) is 0. The van der Waals surface area contributed by atoms with Gasteiger partial charge in [0, 0.05) is 29.4 Å². The van der Waals surface area contributed by atoms with Crippen molar-refractivity contribution in [1.82, 2.24) is 4.98 Å². The number of aryl methyl sites for hydroxylation is 1. The van der Waals surface area contributed by atoms with Crippen LogP contribution < -0.4 is 4.74 Å². The lowest BCUT2D eigenvalue weighted by Gasteiger charge is -2.04. The number of hydrogen-bond acceptors (Lipinski definition) is 2. The van der Waals surface area contributed by atoms with Crippen LogP contribution in [-0.2, 0) is 6.42 Å². The van der Waals surface area contributed by atoms with Crippen LogP contribution in [0.25, 0.3) is 0 Å². The molecule has 1 aliphatic rings. The third-order valence-corrected chi connectivity index (χ3v) is 2.21. The molecule has 0 spiro atoms. The van der Waals surface area contributed by atoms with Gasteiger partial charge in [-0.3, -0.25) is 4.98 Å². The monoisotopic (exact) mass is 179 g/mol. The summed E-state index contributed by atoms with van der Waals surface area (Å²) in [5.41, 5.74) is 3.53. The number of ether oxygens (including phenoxy) is 1. The van der Waals surface area contributed by atoms with E-state index >= 15 is 0 Å². The second-order valence-corrected chi connectivity index (χ2v) is 2.92. The molecule has 2 heteroatoms. The molecular weight excluding hydrogens is 162 g/mol. The van der Waals surface area contributed by atoms with Gasteiger partial charge in [0.2, 0.25) is 0 Å². The van der Waals surface area contributed by atoms with Crippen molar-refractivity contribution in [2.45, 2.75) is 34.1 Å². The fourth-order valence-corrected chi connectivity index (χ4v) is 1.38. The Kier molecular flexibility index (Phi) is 3.29. The van der Waals surface area contributed by atoms with Crippen LogP contribution in [0.1, 0.15) is 30.7 Å². The molecule has 0 bridgehead atoms. The van der Waals surface area contributed by atoms with Gasteiger partial charge in [-0.1, -0.05) is 13.8 Å². The Morgan fingerprint density at radius 2 is 2.00 bits per heavy atom. The quantitative estimate of drug-likeness (QED) is 0.611. The van der Waals surface area contributed by atoms with Crippen molar-refractivity contribution in [1.29, 1.82) is 0 Å². The van der Waals surface area contributed by atoms with Crippen LogP contribution in [0, 0.1) is 13.8 Å². The molecule has 0 amide bonds. The molecular formula is C11H17NO. The predicted octanol–water partition coefficient (Wildman–Crippen LogP) is 2.66. The summed E-state index contributed by atoms with van der Waals surface area (Å²) >= 11 is 0. The zero-order chi connectivity index (χ0) is 9.84. The summed E-state index contributed by atoms with van der Waals surface area (Å²) in [5.74, 6) is 1.07. The van der Waals surface area contributed by atoms with E-state index in [1.165, 1.54) is 11.1 Å². The van der Waals surface area contributed by atoms with Gasteiger partial charge in [-0.2, -0.15) is 0 Å². The smallest absolute Gasteiger partial charge is 0.128 e. The first-order valence-corrected chi connectivity index (χ1v) is 4.87. The van der Waals surface area contributed by atoms with Gasteiger partial charge in [-0.05, 0) is 13.8 Å². The van der Waals surface area contributed by atoms with Crippen LogP contribution in [0.15, 0.2) is 6.20 Å². The van der Waals surface area contributed by atoms with E-state index in [2.05, 4.69) is 11.9 Å². The maximum atomic E-state index is 5.47. The van der Waals surface area contributed by atoms with E-state index in [1.807, 2.05) is 27.0 Å². The Balaban J connectivity index is 0.000000396. The number of pyridine rings is 1. The summed E-state index contributed by atoms with van der Waals surface area (Å²) in [5, 5.41) is 0. The van der Waals surface area contributed by atoms with Crippen LogP contribution in [0.4, 0.5) is 0 Å². The fraction of sp³-hybridized carbons (Fsp3) is 0.545. The molecule has 0 saturated heterocycles. The highest BCUT2D eigenvalue weighted by molar-refractivity contribution is 5.43. The lowest BCUT2D eigenvalue weighted by Crippen LogP contribution is -1.91. The molecule has 1 aromatic heterocycles. The SMILES string of the molecule is CC.Cc1ncc2c(c1C)OCC2. The first kappa shape index (κ1) is 10.0. The van der Waals surface area contributed by atoms with Crippen LogP contribution in [0.2, 0.25) is 0 Å². The number of aromatic nitrogens is 1. The second-order valence-electron chi connectivity index (χ2n) is 2.92. The van der Waals surface area contributed by atoms with E-state index in [-0.39, 0.29) is 0 Å². The molecule has 72 valence electrons. The van der Waals surface area contributed by atoms with Crippen LogP contribution in [0.3, 0.4) is 0 Å². The van der Waals surface area contributed by atoms with Crippen LogP contribution in [-0.4, -0.2) is 11.6 Å². The number of fused-ring (bicyclic) bond motifs is 1. The van der Waals surface area contributed by atoms with Crippen molar-refractivity contribution in [3.8, 4) is 5.75 Å². The highest BCUT2D eigenvalue weighted by Crippen LogP contribution is 2.29. The molecule has 0 atom stereocenters. The average Bonchev–Trinajstić information content (AvgIpc) is 2.63. The molecule has 0 saturated carbocycles. The average molecular weight is 179 g/mol. The lowest BCUT2D eigenvalue weighted by molar-refractivity contribution is 0.354. The molecule has 2 heterocycles. The van der Waals surface area contributed by atoms with E-state index in [9.17, 15) is 0 Å². The Hall–Kier alpha value is -1.05. The molecule has 0 unspecified atom stereocenters. The van der Waals surface area contributed by atoms with Crippen molar-refractivity contribution >= 4 is 0 Å². The minimum absolute atomic E-state index is 0.821. The Bertz CT molecular complexity index is 294. The van der Waals surface area contributed by atoms with Gasteiger partial charge in [0.25, 0.3) is 0 Å². The standard InChI is InChI=1S/C9H11NO.C2H6/c1-6-7(2)10-5-8-3-4-11-9(6)8;1-2/h5H,3-4H2,1-2H3;1-2H3. The van der Waals surface area contributed by atoms with E-state index in [4.69, 9.17) is 4.74 Å². The van der Waals surface area contributed by atoms with E-state index < -0.39 is 0 Å². The third-order valence-electron chi connectivity index (χ3n) is 2.21. The van der Waals surface area contributed by atoms with Gasteiger partial charge in [0.15, 0.2) is 0 Å². The van der Waals surface area contributed by atoms with Crippen molar-refractivity contribution in [3.63, 3.8) is 0 Å². The normalized spacial score (nSPS) is 12.6. The topological polar surface area (TPSA) is 22.1 Å². The third kappa shape index (κ3) is 1.82. The largest absolute Gasteiger partial charge is 0.493 e. The number of nitrogens with zero attached hydrogens (tertiary/aromatic N) is 1. The highest BCUT2D eigenvalue weighted by atomic mass is 16.5. The van der Waals surface area contributed by atoms with Gasteiger partial charge in [0.1, 0.15) is 5.75 Å². The Morgan fingerprint density at radius 1 is 1.31 bits per heavy atom. The molecule has 0 N–H and O–H groups in total. The minimum atomic E-state index is 0.821. The second kappa shape index (κ2) is 4.26. The molecule has 0 fully saturated rings. The van der Waals surface area contributed by atoms with Crippen molar-refractivity contribution < 1.29 is 4.74 Å². The molecule has 0 aromatic carbocycles. The van der Waals surface area contributed by atoms with E-state index in [0.717, 1.165) is 24.5 Å². The highest BCUT2D eigenvalue weighted by Gasteiger charge is 2.15. The van der Waals surface area contributed by atoms with E-state index in [0.29, 0.717) is 0 Å². The maximum Gasteiger partial charge on any atom is 0.128 e. The predicted molar refractivity (Wildman–Crippen MR) is 54.3 cm³/mol. The van der Waals surface area contributed by atoms with E-state index in [1.54, 1.807) is 0 Å². The molecule has 1 aliphatic heterocycles. The Morgan fingerprint density at radius 3 is 2.69 bits per heavy atom. The summed E-state index contributed by atoms with van der Waals surface area (Å²) in [6, 6.07) is 0. The minimum Gasteiger partial charge on any atom is -0.493 e. The first-order valence-electron chi connectivity index (χ1n) is 4.87. The molecule has 0 aliphatic carbocycles. The van der Waals surface area contributed by atoms with Crippen molar-refractivity contribution in [2.24, 2.45) is 0 Å². The first-order chi connectivity index (χ1) is 6.29. The summed E-state index contributed by atoms with van der Waals surface area (Å²) in [4.78, 5) is 4.27. The molecule has 0 radical (unpaired) electrons. The lowest BCUT2D eigenvalue weighted by atomic mass is 10.1. The molecule has 2 nitrogen and oxygen atoms in total. The van der Waals surface area contributed by atoms with Gasteiger partial charge in [-0.15, -0.1) is 0 Å². The zero-order valence-corrected chi connectivity index (χ0v) is 8.85. The zero-order valence-electron chi connectivity index (χ0n) is 8.85. The fourth-order valence-electron chi connectivity index (χ4n) is 1.38. The molecule has 1 aromatic rings. The molecule has 2 rings (SSSR count). The summed E-state index contributed by atoms with van der Waals surface area (Å²) in [6.07, 6.45) is 2.94. The van der Waals surface area contributed by atoms with Crippen LogP contribution >= 0.6 is 0 Å². The summed E-state index contributed by atoms with van der Waals surface area (Å²) in [7, 11) is 0. The van der Waals surface area contributed by atoms with Gasteiger partial charge >= 0.3 is 0 Å². The van der Waals surface area contributed by atoms with Crippen molar-refractivity contribution in [2.75, 3.05) is 6.61 Å². The van der Waals surface area contributed by atoms with Gasteiger partial charge in [0.05, 0.1) is 6.61 Å². The summed E-state index contributed by atoms with van der Waals surface area (Å²) < 4.78 is 5.47. The molecule has 13 heavy (non-hydrogen) atoms.